The van der Waals surface area contributed by atoms with Crippen molar-refractivity contribution < 1.29 is 14.3 Å². The Hall–Kier alpha value is -2.75. The first-order valence-corrected chi connectivity index (χ1v) is 8.52. The lowest BCUT2D eigenvalue weighted by atomic mass is 10.0. The lowest BCUT2D eigenvalue weighted by Gasteiger charge is -2.28. The highest BCUT2D eigenvalue weighted by Crippen LogP contribution is 2.34. The average molecular weight is 337 g/mol. The second kappa shape index (κ2) is 7.01. The summed E-state index contributed by atoms with van der Waals surface area (Å²) >= 11 is 0. The van der Waals surface area contributed by atoms with Crippen molar-refractivity contribution in [1.82, 2.24) is 0 Å². The van der Waals surface area contributed by atoms with Crippen molar-refractivity contribution in [2.45, 2.75) is 38.9 Å². The van der Waals surface area contributed by atoms with Gasteiger partial charge in [0, 0.05) is 17.3 Å². The van der Waals surface area contributed by atoms with Crippen LogP contribution in [0.1, 0.15) is 32.8 Å². The van der Waals surface area contributed by atoms with Gasteiger partial charge in [0.2, 0.25) is 0 Å². The summed E-state index contributed by atoms with van der Waals surface area (Å²) in [6.45, 7) is 5.93. The number of benzene rings is 2. The van der Waals surface area contributed by atoms with E-state index in [4.69, 9.17) is 9.47 Å². The van der Waals surface area contributed by atoms with Crippen LogP contribution in [0.3, 0.4) is 0 Å². The topological polar surface area (TPSA) is 47.6 Å². The Bertz CT molecular complexity index is 781. The van der Waals surface area contributed by atoms with Crippen LogP contribution in [0, 0.1) is 0 Å². The molecule has 1 unspecified atom stereocenters. The molecule has 1 aliphatic rings. The summed E-state index contributed by atoms with van der Waals surface area (Å²) in [6.07, 6.45) is 4.08. The lowest BCUT2D eigenvalue weighted by Crippen LogP contribution is -2.32. The number of ether oxygens (including phenoxy) is 2. The van der Waals surface area contributed by atoms with E-state index in [9.17, 15) is 4.79 Å². The van der Waals surface area contributed by atoms with Crippen molar-refractivity contribution in [3.8, 4) is 11.5 Å². The number of carbonyl (C=O) groups excluding carboxylic acids is 1. The summed E-state index contributed by atoms with van der Waals surface area (Å²) in [5.74, 6) is 1.23. The van der Waals surface area contributed by atoms with Gasteiger partial charge in [0.1, 0.15) is 17.1 Å². The number of amides is 1. The summed E-state index contributed by atoms with van der Waals surface area (Å²) in [7, 11) is 0. The highest BCUT2D eigenvalue weighted by molar-refractivity contribution is 5.94. The van der Waals surface area contributed by atoms with Crippen LogP contribution in [0.2, 0.25) is 0 Å². The van der Waals surface area contributed by atoms with Crippen LogP contribution >= 0.6 is 0 Å². The number of fused-ring (bicyclic) bond motifs is 1. The molecule has 0 saturated carbocycles. The highest BCUT2D eigenvalue weighted by Gasteiger charge is 2.23. The third-order valence-electron chi connectivity index (χ3n) is 4.01. The molecule has 0 spiro atoms. The van der Waals surface area contributed by atoms with Crippen molar-refractivity contribution in [3.63, 3.8) is 0 Å². The Labute approximate surface area is 148 Å². The van der Waals surface area contributed by atoms with Gasteiger partial charge < -0.3 is 14.8 Å². The monoisotopic (exact) mass is 337 g/mol. The molecule has 1 heterocycles. The lowest BCUT2D eigenvalue weighted by molar-refractivity contribution is -0.122. The number of hydrogen-bond donors (Lipinski definition) is 1. The van der Waals surface area contributed by atoms with Crippen molar-refractivity contribution in [2.24, 2.45) is 0 Å². The van der Waals surface area contributed by atoms with E-state index in [-0.39, 0.29) is 11.5 Å². The molecular formula is C21H23NO3. The fourth-order valence-corrected chi connectivity index (χ4v) is 2.65. The summed E-state index contributed by atoms with van der Waals surface area (Å²) in [5, 5.41) is 2.88. The number of hydrogen-bond acceptors (Lipinski definition) is 3. The maximum Gasteiger partial charge on any atom is 0.265 e. The summed E-state index contributed by atoms with van der Waals surface area (Å²) < 4.78 is 11.9. The minimum absolute atomic E-state index is 0.160. The molecule has 1 atom stereocenters. The summed E-state index contributed by atoms with van der Waals surface area (Å²) in [5.41, 5.74) is 1.42. The highest BCUT2D eigenvalue weighted by atomic mass is 16.5. The van der Waals surface area contributed by atoms with Crippen LogP contribution in [-0.2, 0) is 4.79 Å². The number of rotatable bonds is 5. The molecule has 0 radical (unpaired) electrons. The van der Waals surface area contributed by atoms with Gasteiger partial charge in [-0.25, -0.2) is 0 Å². The molecule has 25 heavy (non-hydrogen) atoms. The average Bonchev–Trinajstić information content (AvgIpc) is 2.59. The first kappa shape index (κ1) is 17.1. The molecule has 1 aliphatic heterocycles. The van der Waals surface area contributed by atoms with Gasteiger partial charge in [-0.3, -0.25) is 4.79 Å². The van der Waals surface area contributed by atoms with E-state index in [1.807, 2.05) is 81.5 Å². The zero-order valence-electron chi connectivity index (χ0n) is 14.8. The van der Waals surface area contributed by atoms with Gasteiger partial charge in [0.15, 0.2) is 6.10 Å². The van der Waals surface area contributed by atoms with Crippen LogP contribution in [0.25, 0.3) is 6.08 Å². The molecular weight excluding hydrogens is 314 g/mol. The first-order chi connectivity index (χ1) is 12.0. The van der Waals surface area contributed by atoms with Gasteiger partial charge >= 0.3 is 0 Å². The summed E-state index contributed by atoms with van der Waals surface area (Å²) in [6, 6.07) is 15.0. The van der Waals surface area contributed by atoms with Crippen LogP contribution in [0.4, 0.5) is 5.69 Å². The Morgan fingerprint density at radius 2 is 1.96 bits per heavy atom. The summed E-state index contributed by atoms with van der Waals surface area (Å²) in [4.78, 5) is 12.5. The van der Waals surface area contributed by atoms with Crippen LogP contribution in [0.15, 0.2) is 54.6 Å². The smallest absolute Gasteiger partial charge is 0.265 e. The normalized spacial score (nSPS) is 15.6. The molecule has 2 aromatic rings. The minimum Gasteiger partial charge on any atom is -0.483 e. The fraction of sp³-hybridized carbons (Fsp3) is 0.286. The zero-order valence-corrected chi connectivity index (χ0v) is 14.8. The molecule has 130 valence electrons. The Morgan fingerprint density at radius 3 is 2.68 bits per heavy atom. The SMILES string of the molecule is CCC(Oc1ccc2c(c1)OC(C)(C)C=C2)C(=O)Nc1ccccc1. The van der Waals surface area contributed by atoms with Crippen LogP contribution in [0.5, 0.6) is 11.5 Å². The Kier molecular flexibility index (Phi) is 4.79. The van der Waals surface area contributed by atoms with E-state index in [1.54, 1.807) is 0 Å². The molecule has 3 rings (SSSR count). The van der Waals surface area contributed by atoms with Crippen molar-refractivity contribution in [1.29, 1.82) is 0 Å². The second-order valence-electron chi connectivity index (χ2n) is 6.61. The maximum atomic E-state index is 12.5. The van der Waals surface area contributed by atoms with E-state index >= 15 is 0 Å². The van der Waals surface area contributed by atoms with Crippen molar-refractivity contribution in [2.75, 3.05) is 5.32 Å². The van der Waals surface area contributed by atoms with Crippen molar-refractivity contribution in [3.05, 3.63) is 60.2 Å². The molecule has 0 saturated heterocycles. The largest absolute Gasteiger partial charge is 0.483 e. The first-order valence-electron chi connectivity index (χ1n) is 8.52. The van der Waals surface area contributed by atoms with Gasteiger partial charge in [-0.2, -0.15) is 0 Å². The zero-order chi connectivity index (χ0) is 17.9. The van der Waals surface area contributed by atoms with Gasteiger partial charge in [-0.1, -0.05) is 31.2 Å². The molecule has 0 bridgehead atoms. The van der Waals surface area contributed by atoms with E-state index in [1.165, 1.54) is 0 Å². The molecule has 2 aromatic carbocycles. The number of anilines is 1. The van der Waals surface area contributed by atoms with Crippen molar-refractivity contribution >= 4 is 17.7 Å². The maximum absolute atomic E-state index is 12.5. The molecule has 1 amide bonds. The molecule has 4 nitrogen and oxygen atoms in total. The Balaban J connectivity index is 1.72. The van der Waals surface area contributed by atoms with E-state index in [2.05, 4.69) is 5.32 Å². The third kappa shape index (κ3) is 4.21. The van der Waals surface area contributed by atoms with Gasteiger partial charge in [0.25, 0.3) is 5.91 Å². The van der Waals surface area contributed by atoms with Gasteiger partial charge in [-0.15, -0.1) is 0 Å². The Morgan fingerprint density at radius 1 is 1.20 bits per heavy atom. The fourth-order valence-electron chi connectivity index (χ4n) is 2.65. The molecule has 0 fully saturated rings. The number of nitrogens with one attached hydrogen (secondary N) is 1. The molecule has 0 aromatic heterocycles. The van der Waals surface area contributed by atoms with Crippen LogP contribution < -0.4 is 14.8 Å². The van der Waals surface area contributed by atoms with Crippen LogP contribution in [-0.4, -0.2) is 17.6 Å². The van der Waals surface area contributed by atoms with E-state index in [0.29, 0.717) is 12.2 Å². The number of carbonyl (C=O) groups is 1. The minimum atomic E-state index is -0.564. The predicted octanol–water partition coefficient (Wildman–Crippen LogP) is 4.67. The molecule has 0 aliphatic carbocycles. The van der Waals surface area contributed by atoms with E-state index in [0.717, 1.165) is 17.0 Å². The third-order valence-corrected chi connectivity index (χ3v) is 4.01. The molecule has 1 N–H and O–H groups in total. The second-order valence-corrected chi connectivity index (χ2v) is 6.61. The quantitative estimate of drug-likeness (QED) is 0.863. The number of para-hydroxylation sites is 1. The van der Waals surface area contributed by atoms with Gasteiger partial charge in [-0.05, 0) is 50.6 Å². The molecule has 4 heteroatoms. The standard InChI is InChI=1S/C21H23NO3/c1-4-18(20(23)22-16-8-6-5-7-9-16)24-17-11-10-15-12-13-21(2,3)25-19(15)14-17/h5-14,18H,4H2,1-3H3,(H,22,23). The predicted molar refractivity (Wildman–Crippen MR) is 100.0 cm³/mol. The van der Waals surface area contributed by atoms with Gasteiger partial charge in [0.05, 0.1) is 0 Å². The van der Waals surface area contributed by atoms with E-state index < -0.39 is 6.10 Å².